The summed E-state index contributed by atoms with van der Waals surface area (Å²) in [6.45, 7) is 8.34. The number of carbonyl (C=O) groups is 1. The number of nitrogens with zero attached hydrogens (tertiary/aromatic N) is 4. The maximum absolute atomic E-state index is 12.6. The van der Waals surface area contributed by atoms with Crippen molar-refractivity contribution in [2.75, 3.05) is 25.9 Å². The average molecular weight is 265 g/mol. The van der Waals surface area contributed by atoms with Gasteiger partial charge in [-0.25, -0.2) is 0 Å². The summed E-state index contributed by atoms with van der Waals surface area (Å²) in [4.78, 5) is 16.8. The Morgan fingerprint density at radius 1 is 1.42 bits per heavy atom. The molecule has 2 heterocycles. The molecule has 106 valence electrons. The molecule has 2 atom stereocenters. The van der Waals surface area contributed by atoms with Gasteiger partial charge >= 0.3 is 0 Å². The second-order valence-electron chi connectivity index (χ2n) is 5.34. The molecule has 1 saturated heterocycles. The molecule has 0 bridgehead atoms. The van der Waals surface area contributed by atoms with E-state index in [-0.39, 0.29) is 5.91 Å². The number of hydrogen-bond donors (Lipinski definition) is 1. The average Bonchev–Trinajstić information content (AvgIpc) is 2.75. The molecular formula is C13H23N5O. The van der Waals surface area contributed by atoms with Crippen LogP contribution in [0.15, 0.2) is 6.20 Å². The third-order valence-corrected chi connectivity index (χ3v) is 4.02. The second kappa shape index (κ2) is 5.21. The number of piperazine rings is 1. The van der Waals surface area contributed by atoms with E-state index < -0.39 is 0 Å². The molecule has 0 spiro atoms. The monoisotopic (exact) mass is 265 g/mol. The number of nitrogen functional groups attached to an aromatic ring is 1. The highest BCUT2D eigenvalue weighted by Gasteiger charge is 2.31. The van der Waals surface area contributed by atoms with E-state index in [0.29, 0.717) is 30.0 Å². The van der Waals surface area contributed by atoms with E-state index in [0.717, 1.165) is 13.1 Å². The van der Waals surface area contributed by atoms with Gasteiger partial charge in [0.15, 0.2) is 0 Å². The first-order valence-corrected chi connectivity index (χ1v) is 6.78. The molecule has 0 aromatic carbocycles. The Morgan fingerprint density at radius 3 is 2.53 bits per heavy atom. The molecule has 0 radical (unpaired) electrons. The molecule has 1 amide bonds. The van der Waals surface area contributed by atoms with Crippen molar-refractivity contribution in [1.29, 1.82) is 0 Å². The molecule has 1 fully saturated rings. The molecule has 0 saturated carbocycles. The van der Waals surface area contributed by atoms with E-state index in [2.05, 4.69) is 30.9 Å². The Balaban J connectivity index is 2.22. The number of aromatic nitrogens is 2. The van der Waals surface area contributed by atoms with Crippen LogP contribution in [0, 0.1) is 0 Å². The van der Waals surface area contributed by atoms with Crippen LogP contribution in [-0.4, -0.2) is 57.7 Å². The van der Waals surface area contributed by atoms with Crippen LogP contribution in [0.5, 0.6) is 0 Å². The molecular weight excluding hydrogens is 242 g/mol. The molecule has 6 nitrogen and oxygen atoms in total. The third kappa shape index (κ3) is 2.45. The lowest BCUT2D eigenvalue weighted by Crippen LogP contribution is -2.56. The van der Waals surface area contributed by atoms with Crippen molar-refractivity contribution >= 4 is 11.6 Å². The first-order chi connectivity index (χ1) is 8.95. The van der Waals surface area contributed by atoms with Crippen molar-refractivity contribution < 1.29 is 4.79 Å². The molecule has 6 heteroatoms. The molecule has 2 N–H and O–H groups in total. The zero-order valence-corrected chi connectivity index (χ0v) is 12.1. The van der Waals surface area contributed by atoms with Gasteiger partial charge in [0.1, 0.15) is 5.69 Å². The summed E-state index contributed by atoms with van der Waals surface area (Å²) >= 11 is 0. The minimum absolute atomic E-state index is 0.0105. The van der Waals surface area contributed by atoms with Crippen LogP contribution in [0.2, 0.25) is 0 Å². The number of hydrogen-bond acceptors (Lipinski definition) is 4. The Morgan fingerprint density at radius 2 is 2.00 bits per heavy atom. The van der Waals surface area contributed by atoms with Crippen LogP contribution in [0.1, 0.15) is 31.3 Å². The third-order valence-electron chi connectivity index (χ3n) is 4.02. The minimum atomic E-state index is -0.0105. The highest BCUT2D eigenvalue weighted by molar-refractivity contribution is 5.97. The van der Waals surface area contributed by atoms with Gasteiger partial charge in [0.2, 0.25) is 0 Å². The Hall–Kier alpha value is -1.56. The normalized spacial score (nSPS) is 24.7. The molecule has 19 heavy (non-hydrogen) atoms. The van der Waals surface area contributed by atoms with E-state index in [1.54, 1.807) is 10.9 Å². The van der Waals surface area contributed by atoms with Crippen LogP contribution in [0.3, 0.4) is 0 Å². The van der Waals surface area contributed by atoms with Crippen molar-refractivity contribution in [3.63, 3.8) is 0 Å². The van der Waals surface area contributed by atoms with Gasteiger partial charge in [-0.05, 0) is 27.8 Å². The lowest BCUT2D eigenvalue weighted by molar-refractivity contribution is 0.0405. The van der Waals surface area contributed by atoms with Crippen molar-refractivity contribution in [1.82, 2.24) is 19.6 Å². The van der Waals surface area contributed by atoms with Crippen molar-refractivity contribution in [3.8, 4) is 0 Å². The topological polar surface area (TPSA) is 67.4 Å². The Labute approximate surface area is 114 Å². The van der Waals surface area contributed by atoms with Crippen LogP contribution in [0.25, 0.3) is 0 Å². The standard InChI is InChI=1S/C13H23N5O/c1-5-18-12(11(14)6-15-18)13(19)17-7-9(2)16(4)10(3)8-17/h6,9-10H,5,7-8,14H2,1-4H3. The number of nitrogens with two attached hydrogens (primary N) is 1. The number of aryl methyl sites for hydroxylation is 1. The van der Waals surface area contributed by atoms with E-state index in [4.69, 9.17) is 5.73 Å². The molecule has 1 aromatic rings. The number of anilines is 1. The lowest BCUT2D eigenvalue weighted by atomic mass is 10.1. The van der Waals surface area contributed by atoms with E-state index in [9.17, 15) is 4.79 Å². The predicted octanol–water partition coefficient (Wildman–Crippen LogP) is 0.650. The highest BCUT2D eigenvalue weighted by Crippen LogP contribution is 2.19. The molecule has 2 unspecified atom stereocenters. The molecule has 1 aromatic heterocycles. The predicted molar refractivity (Wildman–Crippen MR) is 74.9 cm³/mol. The van der Waals surface area contributed by atoms with Gasteiger partial charge in [-0.2, -0.15) is 5.10 Å². The largest absolute Gasteiger partial charge is 0.396 e. The Kier molecular flexibility index (Phi) is 3.80. The van der Waals surface area contributed by atoms with Crippen molar-refractivity contribution in [2.24, 2.45) is 0 Å². The van der Waals surface area contributed by atoms with Crippen LogP contribution >= 0.6 is 0 Å². The summed E-state index contributed by atoms with van der Waals surface area (Å²) < 4.78 is 1.67. The fraction of sp³-hybridized carbons (Fsp3) is 0.692. The number of carbonyl (C=O) groups excluding carboxylic acids is 1. The van der Waals surface area contributed by atoms with E-state index in [1.807, 2.05) is 11.8 Å². The van der Waals surface area contributed by atoms with Crippen molar-refractivity contribution in [2.45, 2.75) is 39.4 Å². The van der Waals surface area contributed by atoms with Gasteiger partial charge in [-0.3, -0.25) is 14.4 Å². The SMILES string of the molecule is CCn1ncc(N)c1C(=O)N1CC(C)N(C)C(C)C1. The van der Waals surface area contributed by atoms with Gasteiger partial charge in [0.25, 0.3) is 5.91 Å². The van der Waals surface area contributed by atoms with Gasteiger partial charge < -0.3 is 10.6 Å². The minimum Gasteiger partial charge on any atom is -0.396 e. The van der Waals surface area contributed by atoms with Gasteiger partial charge in [0.05, 0.1) is 11.9 Å². The summed E-state index contributed by atoms with van der Waals surface area (Å²) in [6, 6.07) is 0.707. The fourth-order valence-electron chi connectivity index (χ4n) is 2.59. The zero-order chi connectivity index (χ0) is 14.2. The number of rotatable bonds is 2. The highest BCUT2D eigenvalue weighted by atomic mass is 16.2. The first-order valence-electron chi connectivity index (χ1n) is 6.78. The maximum atomic E-state index is 12.6. The van der Waals surface area contributed by atoms with E-state index >= 15 is 0 Å². The number of likely N-dealkylation sites (N-methyl/N-ethyl adjacent to an activating group) is 1. The van der Waals surface area contributed by atoms with E-state index in [1.165, 1.54) is 0 Å². The molecule has 0 aliphatic carbocycles. The summed E-state index contributed by atoms with van der Waals surface area (Å²) in [5.41, 5.74) is 6.86. The van der Waals surface area contributed by atoms with Crippen LogP contribution in [0.4, 0.5) is 5.69 Å². The number of amides is 1. The van der Waals surface area contributed by atoms with Gasteiger partial charge in [0, 0.05) is 31.7 Å². The fourth-order valence-corrected chi connectivity index (χ4v) is 2.59. The zero-order valence-electron chi connectivity index (χ0n) is 12.1. The summed E-state index contributed by atoms with van der Waals surface area (Å²) in [5, 5.41) is 4.14. The molecule has 1 aliphatic heterocycles. The molecule has 2 rings (SSSR count). The molecule has 1 aliphatic rings. The Bertz CT molecular complexity index is 458. The van der Waals surface area contributed by atoms with Crippen LogP contribution < -0.4 is 5.73 Å². The summed E-state index contributed by atoms with van der Waals surface area (Å²) in [7, 11) is 2.10. The maximum Gasteiger partial charge on any atom is 0.274 e. The van der Waals surface area contributed by atoms with Crippen LogP contribution in [-0.2, 0) is 6.54 Å². The first kappa shape index (κ1) is 13.9. The smallest absolute Gasteiger partial charge is 0.274 e. The second-order valence-corrected chi connectivity index (χ2v) is 5.34. The van der Waals surface area contributed by atoms with Gasteiger partial charge in [-0.1, -0.05) is 0 Å². The summed E-state index contributed by atoms with van der Waals surface area (Å²) in [6.07, 6.45) is 1.56. The quantitative estimate of drug-likeness (QED) is 0.852. The van der Waals surface area contributed by atoms with Gasteiger partial charge in [-0.15, -0.1) is 0 Å². The lowest BCUT2D eigenvalue weighted by Gasteiger charge is -2.42. The summed E-state index contributed by atoms with van der Waals surface area (Å²) in [5.74, 6) is -0.0105. The van der Waals surface area contributed by atoms with Crippen molar-refractivity contribution in [3.05, 3.63) is 11.9 Å².